The molecule has 125 valence electrons. The molecule has 0 atom stereocenters. The molecule has 0 fully saturated rings. The first-order valence-corrected chi connectivity index (χ1v) is 7.42. The van der Waals surface area contributed by atoms with Gasteiger partial charge in [0, 0.05) is 17.8 Å². The van der Waals surface area contributed by atoms with Crippen molar-refractivity contribution < 1.29 is 24.0 Å². The quantitative estimate of drug-likeness (QED) is 0.284. The minimum atomic E-state index is -0.595. The molecule has 0 heterocycles. The van der Waals surface area contributed by atoms with Crippen molar-refractivity contribution in [3.63, 3.8) is 0 Å². The van der Waals surface area contributed by atoms with Gasteiger partial charge in [-0.05, 0) is 31.9 Å². The zero-order valence-corrected chi connectivity index (χ0v) is 13.0. The van der Waals surface area contributed by atoms with Gasteiger partial charge in [-0.1, -0.05) is 18.2 Å². The van der Waals surface area contributed by atoms with Crippen LogP contribution in [-0.4, -0.2) is 30.0 Å². The van der Waals surface area contributed by atoms with Gasteiger partial charge in [-0.25, -0.2) is 0 Å². The lowest BCUT2D eigenvalue weighted by Gasteiger charge is -2.13. The van der Waals surface area contributed by atoms with Gasteiger partial charge in [0.15, 0.2) is 0 Å². The highest BCUT2D eigenvalue weighted by Crippen LogP contribution is 2.20. The number of carbonyl (C=O) groups excluding carboxylic acids is 2. The second-order valence-corrected chi connectivity index (χ2v) is 4.77. The van der Waals surface area contributed by atoms with Crippen LogP contribution in [0.4, 0.5) is 0 Å². The van der Waals surface area contributed by atoms with E-state index in [4.69, 9.17) is 9.47 Å². The molecule has 0 bridgehead atoms. The molecule has 1 aromatic rings. The first-order chi connectivity index (χ1) is 11.0. The Bertz CT molecular complexity index is 517. The van der Waals surface area contributed by atoms with Crippen molar-refractivity contribution in [1.82, 2.24) is 0 Å². The maximum atomic E-state index is 12.1. The zero-order valence-electron chi connectivity index (χ0n) is 13.0. The van der Waals surface area contributed by atoms with Crippen LogP contribution in [0.2, 0.25) is 0 Å². The normalized spacial score (nSPS) is 10.3. The largest absolute Gasteiger partial charge is 0.466 e. The van der Waals surface area contributed by atoms with E-state index in [0.717, 1.165) is 0 Å². The average Bonchev–Trinajstić information content (AvgIpc) is 2.51. The molecule has 23 heavy (non-hydrogen) atoms. The van der Waals surface area contributed by atoms with E-state index in [2.05, 4.69) is 0 Å². The van der Waals surface area contributed by atoms with Crippen molar-refractivity contribution in [2.24, 2.45) is 0 Å². The highest BCUT2D eigenvalue weighted by molar-refractivity contribution is 5.86. The summed E-state index contributed by atoms with van der Waals surface area (Å²) in [7, 11) is 0. The van der Waals surface area contributed by atoms with Crippen molar-refractivity contribution in [2.45, 2.75) is 32.6 Å². The van der Waals surface area contributed by atoms with E-state index in [1.165, 1.54) is 0 Å². The van der Waals surface area contributed by atoms with Gasteiger partial charge in [0.05, 0.1) is 12.5 Å². The predicted octanol–water partition coefficient (Wildman–Crippen LogP) is 2.57. The van der Waals surface area contributed by atoms with Gasteiger partial charge in [0.2, 0.25) is 6.54 Å². The van der Waals surface area contributed by atoms with Crippen molar-refractivity contribution in [3.8, 4) is 5.75 Å². The summed E-state index contributed by atoms with van der Waals surface area (Å²) in [4.78, 5) is 33.5. The smallest absolute Gasteiger partial charge is 0.318 e. The van der Waals surface area contributed by atoms with Crippen LogP contribution in [-0.2, 0) is 14.3 Å². The molecule has 0 aromatic heterocycles. The summed E-state index contributed by atoms with van der Waals surface area (Å²) in [5, 5.41) is 10.5. The summed E-state index contributed by atoms with van der Waals surface area (Å²) in [5.74, 6) is -0.268. The number of hydrogen-bond donors (Lipinski definition) is 0. The Morgan fingerprint density at radius 3 is 2.43 bits per heavy atom. The molecule has 0 saturated carbocycles. The third-order valence-corrected chi connectivity index (χ3v) is 3.00. The molecular formula is C16H20NO6. The maximum absolute atomic E-state index is 12.1. The SMILES string of the molecule is CCOC(=O)CCC[C](CC[N+](=O)[O-])C(=O)Oc1ccccc1. The zero-order chi connectivity index (χ0) is 17.1. The van der Waals surface area contributed by atoms with E-state index in [-0.39, 0.29) is 31.8 Å². The number of carbonyl (C=O) groups is 2. The summed E-state index contributed by atoms with van der Waals surface area (Å²) in [6.07, 6.45) is 0.810. The second-order valence-electron chi connectivity index (χ2n) is 4.77. The van der Waals surface area contributed by atoms with E-state index in [1.54, 1.807) is 37.3 Å². The monoisotopic (exact) mass is 322 g/mol. The highest BCUT2D eigenvalue weighted by atomic mass is 16.6. The lowest BCUT2D eigenvalue weighted by atomic mass is 9.98. The topological polar surface area (TPSA) is 95.7 Å². The van der Waals surface area contributed by atoms with E-state index in [1.807, 2.05) is 0 Å². The van der Waals surface area contributed by atoms with Crippen LogP contribution in [0.1, 0.15) is 32.6 Å². The lowest BCUT2D eigenvalue weighted by Crippen LogP contribution is -2.21. The van der Waals surface area contributed by atoms with Crippen molar-refractivity contribution >= 4 is 11.9 Å². The minimum Gasteiger partial charge on any atom is -0.466 e. The van der Waals surface area contributed by atoms with Gasteiger partial charge < -0.3 is 9.47 Å². The Morgan fingerprint density at radius 2 is 1.83 bits per heavy atom. The van der Waals surface area contributed by atoms with E-state index in [9.17, 15) is 19.7 Å². The number of para-hydroxylation sites is 1. The van der Waals surface area contributed by atoms with Crippen LogP contribution < -0.4 is 4.74 Å². The summed E-state index contributed by atoms with van der Waals surface area (Å²) < 4.78 is 10.0. The maximum Gasteiger partial charge on any atom is 0.318 e. The fourth-order valence-electron chi connectivity index (χ4n) is 1.90. The Balaban J connectivity index is 2.54. The first kappa shape index (κ1) is 18.6. The van der Waals surface area contributed by atoms with Crippen LogP contribution in [0.5, 0.6) is 5.75 Å². The number of nitro groups is 1. The van der Waals surface area contributed by atoms with Crippen LogP contribution in [0.25, 0.3) is 0 Å². The van der Waals surface area contributed by atoms with E-state index >= 15 is 0 Å². The number of esters is 2. The molecule has 7 nitrogen and oxygen atoms in total. The molecule has 0 aliphatic heterocycles. The number of hydrogen-bond acceptors (Lipinski definition) is 6. The molecule has 1 radical (unpaired) electrons. The number of rotatable bonds is 10. The molecule has 0 unspecified atom stereocenters. The molecule has 1 aromatic carbocycles. The van der Waals surface area contributed by atoms with Crippen molar-refractivity contribution in [2.75, 3.05) is 13.2 Å². The lowest BCUT2D eigenvalue weighted by molar-refractivity contribution is -0.479. The van der Waals surface area contributed by atoms with Crippen LogP contribution in [0, 0.1) is 16.0 Å². The molecule has 0 aliphatic carbocycles. The number of nitrogens with zero attached hydrogens (tertiary/aromatic N) is 1. The van der Waals surface area contributed by atoms with Gasteiger partial charge in [0.1, 0.15) is 5.75 Å². The first-order valence-electron chi connectivity index (χ1n) is 7.42. The third-order valence-electron chi connectivity index (χ3n) is 3.00. The molecule has 1 rings (SSSR count). The molecule has 7 heteroatoms. The van der Waals surface area contributed by atoms with Crippen molar-refractivity contribution in [1.29, 1.82) is 0 Å². The van der Waals surface area contributed by atoms with E-state index in [0.29, 0.717) is 24.7 Å². The van der Waals surface area contributed by atoms with Gasteiger partial charge in [-0.15, -0.1) is 0 Å². The fraction of sp³-hybridized carbons (Fsp3) is 0.438. The minimum absolute atomic E-state index is 0.00148. The summed E-state index contributed by atoms with van der Waals surface area (Å²) in [6, 6.07) is 8.48. The molecule has 0 spiro atoms. The molecule has 0 saturated heterocycles. The van der Waals surface area contributed by atoms with Crippen LogP contribution in [0.3, 0.4) is 0 Å². The molecule has 0 amide bonds. The Hall–Kier alpha value is -2.44. The van der Waals surface area contributed by atoms with Crippen LogP contribution >= 0.6 is 0 Å². The highest BCUT2D eigenvalue weighted by Gasteiger charge is 2.24. The Labute approximate surface area is 134 Å². The summed E-state index contributed by atoms with van der Waals surface area (Å²) in [6.45, 7) is 1.66. The predicted molar refractivity (Wildman–Crippen MR) is 82.3 cm³/mol. The fourth-order valence-corrected chi connectivity index (χ4v) is 1.90. The van der Waals surface area contributed by atoms with Crippen LogP contribution in [0.15, 0.2) is 30.3 Å². The Morgan fingerprint density at radius 1 is 1.13 bits per heavy atom. The van der Waals surface area contributed by atoms with Gasteiger partial charge in [-0.2, -0.15) is 0 Å². The second kappa shape index (κ2) is 10.3. The Kier molecular flexibility index (Phi) is 8.34. The van der Waals surface area contributed by atoms with Crippen molar-refractivity contribution in [3.05, 3.63) is 46.4 Å². The third kappa shape index (κ3) is 7.94. The molecule has 0 N–H and O–H groups in total. The number of benzene rings is 1. The summed E-state index contributed by atoms with van der Waals surface area (Å²) in [5.41, 5.74) is 0. The van der Waals surface area contributed by atoms with Gasteiger partial charge >= 0.3 is 11.9 Å². The van der Waals surface area contributed by atoms with Gasteiger partial charge in [0.25, 0.3) is 0 Å². The number of ether oxygens (including phenoxy) is 2. The summed E-state index contributed by atoms with van der Waals surface area (Å²) >= 11 is 0. The molecular weight excluding hydrogens is 302 g/mol. The average molecular weight is 322 g/mol. The van der Waals surface area contributed by atoms with Gasteiger partial charge in [-0.3, -0.25) is 19.7 Å². The standard InChI is InChI=1S/C16H20NO6/c1-2-22-15(18)10-6-7-13(11-12-17(20)21)16(19)23-14-8-4-3-5-9-14/h3-5,8-9H,2,6-7,10-12H2,1H3. The molecule has 0 aliphatic rings. The van der Waals surface area contributed by atoms with E-state index < -0.39 is 10.9 Å².